The summed E-state index contributed by atoms with van der Waals surface area (Å²) >= 11 is 0. The third kappa shape index (κ3) is 5.89. The van der Waals surface area contributed by atoms with E-state index in [0.717, 1.165) is 5.56 Å². The number of nitrogens with zero attached hydrogens (tertiary/aromatic N) is 2. The zero-order valence-electron chi connectivity index (χ0n) is 11.6. The molecule has 114 valence electrons. The molecule has 0 heterocycles. The zero-order valence-corrected chi connectivity index (χ0v) is 11.6. The van der Waals surface area contributed by atoms with Crippen LogP contribution in [0.25, 0.3) is 0 Å². The van der Waals surface area contributed by atoms with E-state index < -0.39 is 10.9 Å². The average molecular weight is 295 g/mol. The number of carboxylic acid groups (broad SMARTS) is 1. The molecule has 1 rings (SSSR count). The highest BCUT2D eigenvalue weighted by Gasteiger charge is 2.09. The van der Waals surface area contributed by atoms with Crippen molar-refractivity contribution in [1.29, 1.82) is 0 Å². The molecule has 21 heavy (non-hydrogen) atoms. The van der Waals surface area contributed by atoms with Crippen LogP contribution in [0.2, 0.25) is 0 Å². The van der Waals surface area contributed by atoms with Gasteiger partial charge in [0.25, 0.3) is 5.69 Å². The van der Waals surface area contributed by atoms with Gasteiger partial charge in [-0.1, -0.05) is 12.1 Å². The minimum absolute atomic E-state index is 0.00383. The number of urea groups is 1. The smallest absolute Gasteiger partial charge is 0.317 e. The highest BCUT2D eigenvalue weighted by molar-refractivity contribution is 5.74. The molecule has 1 aromatic rings. The van der Waals surface area contributed by atoms with Crippen LogP contribution >= 0.6 is 0 Å². The van der Waals surface area contributed by atoms with E-state index in [1.54, 1.807) is 19.2 Å². The predicted octanol–water partition coefficient (Wildman–Crippen LogP) is 1.60. The number of benzene rings is 1. The summed E-state index contributed by atoms with van der Waals surface area (Å²) in [4.78, 5) is 33.5. The Bertz CT molecular complexity index is 515. The normalized spacial score (nSPS) is 9.95. The first-order chi connectivity index (χ1) is 9.90. The molecule has 2 N–H and O–H groups in total. The van der Waals surface area contributed by atoms with E-state index in [1.165, 1.54) is 17.0 Å². The van der Waals surface area contributed by atoms with Crippen molar-refractivity contribution in [3.8, 4) is 0 Å². The van der Waals surface area contributed by atoms with Crippen molar-refractivity contribution in [3.05, 3.63) is 39.9 Å². The molecule has 0 aliphatic carbocycles. The fraction of sp³-hybridized carbons (Fsp3) is 0.385. The summed E-state index contributed by atoms with van der Waals surface area (Å²) < 4.78 is 0. The number of rotatable bonds is 7. The van der Waals surface area contributed by atoms with Crippen LogP contribution in [0.3, 0.4) is 0 Å². The molecule has 0 unspecified atom stereocenters. The zero-order chi connectivity index (χ0) is 15.8. The second-order valence-corrected chi connectivity index (χ2v) is 4.50. The quantitative estimate of drug-likeness (QED) is 0.586. The molecular formula is C13H17N3O5. The number of carboxylic acids is 1. The Morgan fingerprint density at radius 2 is 1.95 bits per heavy atom. The van der Waals surface area contributed by atoms with Gasteiger partial charge in [0.2, 0.25) is 0 Å². The number of nitro groups is 1. The molecule has 2 amide bonds. The molecule has 0 aliphatic rings. The maximum Gasteiger partial charge on any atom is 0.317 e. The topological polar surface area (TPSA) is 113 Å². The van der Waals surface area contributed by atoms with Crippen LogP contribution in [0.4, 0.5) is 10.5 Å². The van der Waals surface area contributed by atoms with Gasteiger partial charge >= 0.3 is 12.0 Å². The second kappa shape index (κ2) is 7.83. The first-order valence-corrected chi connectivity index (χ1v) is 6.34. The van der Waals surface area contributed by atoms with E-state index in [2.05, 4.69) is 5.32 Å². The van der Waals surface area contributed by atoms with Crippen molar-refractivity contribution in [3.63, 3.8) is 0 Å². The Balaban J connectivity index is 2.38. The number of hydrogen-bond donors (Lipinski definition) is 2. The fourth-order valence-electron chi connectivity index (χ4n) is 1.62. The number of aliphatic carboxylic acids is 1. The van der Waals surface area contributed by atoms with Crippen LogP contribution in [-0.4, -0.2) is 40.5 Å². The van der Waals surface area contributed by atoms with Crippen LogP contribution in [0.5, 0.6) is 0 Å². The maximum atomic E-state index is 11.7. The molecule has 0 saturated carbocycles. The first-order valence-electron chi connectivity index (χ1n) is 6.34. The van der Waals surface area contributed by atoms with Gasteiger partial charge in [0.15, 0.2) is 0 Å². The van der Waals surface area contributed by atoms with E-state index in [4.69, 9.17) is 5.11 Å². The molecule has 0 bridgehead atoms. The Hall–Kier alpha value is -2.64. The largest absolute Gasteiger partial charge is 0.481 e. The molecule has 8 heteroatoms. The van der Waals surface area contributed by atoms with Crippen molar-refractivity contribution in [2.24, 2.45) is 0 Å². The van der Waals surface area contributed by atoms with Crippen LogP contribution < -0.4 is 5.32 Å². The van der Waals surface area contributed by atoms with Crippen molar-refractivity contribution in [2.75, 3.05) is 13.6 Å². The predicted molar refractivity (Wildman–Crippen MR) is 74.8 cm³/mol. The molecule has 1 aromatic carbocycles. The lowest BCUT2D eigenvalue weighted by Gasteiger charge is -2.17. The number of amides is 2. The van der Waals surface area contributed by atoms with Crippen molar-refractivity contribution >= 4 is 17.7 Å². The number of carbonyl (C=O) groups is 2. The van der Waals surface area contributed by atoms with E-state index >= 15 is 0 Å². The summed E-state index contributed by atoms with van der Waals surface area (Å²) in [6.07, 6.45) is 0.400. The van der Waals surface area contributed by atoms with E-state index in [1.807, 2.05) is 0 Å². The summed E-state index contributed by atoms with van der Waals surface area (Å²) in [5, 5.41) is 21.7. The molecule has 0 spiro atoms. The summed E-state index contributed by atoms with van der Waals surface area (Å²) in [6.45, 7) is 0.596. The molecule has 0 radical (unpaired) electrons. The number of carbonyl (C=O) groups excluding carboxylic acids is 1. The van der Waals surface area contributed by atoms with Gasteiger partial charge in [0.1, 0.15) is 0 Å². The Kier molecular flexibility index (Phi) is 6.12. The van der Waals surface area contributed by atoms with Gasteiger partial charge in [0.05, 0.1) is 4.92 Å². The minimum atomic E-state index is -0.894. The Morgan fingerprint density at radius 1 is 1.33 bits per heavy atom. The number of nitro benzene ring substituents is 1. The molecule has 0 fully saturated rings. The van der Waals surface area contributed by atoms with Gasteiger partial charge in [-0.2, -0.15) is 0 Å². The highest BCUT2D eigenvalue weighted by Crippen LogP contribution is 2.11. The van der Waals surface area contributed by atoms with Crippen LogP contribution in [0.1, 0.15) is 18.4 Å². The van der Waals surface area contributed by atoms with Crippen molar-refractivity contribution < 1.29 is 19.6 Å². The summed E-state index contributed by atoms with van der Waals surface area (Å²) in [7, 11) is 1.58. The SMILES string of the molecule is CN(CCCC(=O)O)C(=O)NCc1ccc([N+](=O)[O-])cc1. The minimum Gasteiger partial charge on any atom is -0.481 e. The molecule has 8 nitrogen and oxygen atoms in total. The number of non-ortho nitro benzene ring substituents is 1. The third-order valence-corrected chi connectivity index (χ3v) is 2.82. The van der Waals surface area contributed by atoms with Gasteiger partial charge < -0.3 is 15.3 Å². The van der Waals surface area contributed by atoms with Gasteiger partial charge in [-0.15, -0.1) is 0 Å². The Labute approximate surface area is 121 Å². The van der Waals surface area contributed by atoms with Crippen molar-refractivity contribution in [2.45, 2.75) is 19.4 Å². The summed E-state index contributed by atoms with van der Waals surface area (Å²) in [5.41, 5.74) is 0.740. The molecule has 0 atom stereocenters. The average Bonchev–Trinajstić information content (AvgIpc) is 2.44. The Morgan fingerprint density at radius 3 is 2.48 bits per heavy atom. The van der Waals surface area contributed by atoms with E-state index in [-0.39, 0.29) is 24.7 Å². The molecule has 0 saturated heterocycles. The second-order valence-electron chi connectivity index (χ2n) is 4.50. The number of nitrogens with one attached hydrogen (secondary N) is 1. The lowest BCUT2D eigenvalue weighted by atomic mass is 10.2. The summed E-state index contributed by atoms with van der Waals surface area (Å²) in [6, 6.07) is 5.57. The standard InChI is InChI=1S/C13H17N3O5/c1-15(8-2-3-12(17)18)13(19)14-9-10-4-6-11(7-5-10)16(20)21/h4-7H,2-3,8-9H2,1H3,(H,14,19)(H,17,18). The lowest BCUT2D eigenvalue weighted by Crippen LogP contribution is -2.37. The van der Waals surface area contributed by atoms with Crippen LogP contribution in [-0.2, 0) is 11.3 Å². The van der Waals surface area contributed by atoms with Crippen molar-refractivity contribution in [1.82, 2.24) is 10.2 Å². The van der Waals surface area contributed by atoms with Gasteiger partial charge in [-0.05, 0) is 12.0 Å². The number of hydrogen-bond acceptors (Lipinski definition) is 4. The monoisotopic (exact) mass is 295 g/mol. The first kappa shape index (κ1) is 16.4. The molecule has 0 aromatic heterocycles. The van der Waals surface area contributed by atoms with Gasteiger partial charge in [-0.25, -0.2) is 4.79 Å². The summed E-state index contributed by atoms with van der Waals surface area (Å²) in [5.74, 6) is -0.894. The van der Waals surface area contributed by atoms with E-state index in [9.17, 15) is 19.7 Å². The fourth-order valence-corrected chi connectivity index (χ4v) is 1.62. The third-order valence-electron chi connectivity index (χ3n) is 2.82. The van der Waals surface area contributed by atoms with E-state index in [0.29, 0.717) is 13.0 Å². The highest BCUT2D eigenvalue weighted by atomic mass is 16.6. The van der Waals surface area contributed by atoms with Crippen LogP contribution in [0.15, 0.2) is 24.3 Å². The lowest BCUT2D eigenvalue weighted by molar-refractivity contribution is -0.384. The van der Waals surface area contributed by atoms with Gasteiger partial charge in [0, 0.05) is 38.7 Å². The maximum absolute atomic E-state index is 11.7. The van der Waals surface area contributed by atoms with Crippen LogP contribution in [0, 0.1) is 10.1 Å². The molecular weight excluding hydrogens is 278 g/mol. The van der Waals surface area contributed by atoms with Gasteiger partial charge in [-0.3, -0.25) is 14.9 Å². The molecule has 0 aliphatic heterocycles.